The average molecular weight is 483 g/mol. The molecule has 35 heavy (non-hydrogen) atoms. The molecule has 2 aliphatic rings. The third-order valence-corrected chi connectivity index (χ3v) is 6.38. The van der Waals surface area contributed by atoms with Crippen LogP contribution in [-0.4, -0.2) is 55.2 Å². The summed E-state index contributed by atoms with van der Waals surface area (Å²) in [7, 11) is 0. The van der Waals surface area contributed by atoms with E-state index in [9.17, 15) is 18.0 Å². The number of carbonyl (C=O) groups excluding carboxylic acids is 1. The Labute approximate surface area is 200 Å². The zero-order valence-electron chi connectivity index (χ0n) is 18.9. The predicted molar refractivity (Wildman–Crippen MR) is 124 cm³/mol. The lowest BCUT2D eigenvalue weighted by atomic mass is 10.0. The summed E-state index contributed by atoms with van der Waals surface area (Å²) in [5.74, 6) is 0.125. The summed E-state index contributed by atoms with van der Waals surface area (Å²) < 4.78 is 50.2. The Kier molecular flexibility index (Phi) is 6.21. The highest BCUT2D eigenvalue weighted by Crippen LogP contribution is 2.40. The normalized spacial score (nSPS) is 15.5. The second-order valence-corrected chi connectivity index (χ2v) is 8.62. The highest BCUT2D eigenvalue weighted by molar-refractivity contribution is 5.98. The number of hydrogen-bond donors (Lipinski definition) is 1. The molecule has 1 amide bonds. The molecular formula is C26H24F3N3O3. The van der Waals surface area contributed by atoms with E-state index in [1.807, 2.05) is 18.2 Å². The van der Waals surface area contributed by atoms with Crippen molar-refractivity contribution in [1.29, 1.82) is 0 Å². The van der Waals surface area contributed by atoms with Gasteiger partial charge in [-0.25, -0.2) is 4.98 Å². The number of benzene rings is 2. The summed E-state index contributed by atoms with van der Waals surface area (Å²) in [6, 6.07) is 12.0. The first-order valence-electron chi connectivity index (χ1n) is 11.4. The van der Waals surface area contributed by atoms with Crippen molar-refractivity contribution >= 4 is 5.91 Å². The number of primary amides is 1. The molecule has 1 aliphatic heterocycles. The van der Waals surface area contributed by atoms with E-state index in [0.717, 1.165) is 61.9 Å². The maximum atomic E-state index is 12.9. The van der Waals surface area contributed by atoms with E-state index in [0.29, 0.717) is 41.1 Å². The Morgan fingerprint density at radius 1 is 1.09 bits per heavy atom. The number of amides is 1. The summed E-state index contributed by atoms with van der Waals surface area (Å²) in [6.45, 7) is 4.62. The molecule has 1 fully saturated rings. The quantitative estimate of drug-likeness (QED) is 0.446. The van der Waals surface area contributed by atoms with E-state index >= 15 is 0 Å². The molecule has 0 unspecified atom stereocenters. The van der Waals surface area contributed by atoms with Crippen LogP contribution in [0.3, 0.4) is 0 Å². The summed E-state index contributed by atoms with van der Waals surface area (Å²) in [6.07, 6.45) is -3.95. The second kappa shape index (κ2) is 9.31. The van der Waals surface area contributed by atoms with Gasteiger partial charge in [-0.05, 0) is 47.5 Å². The number of fused-ring (bicyclic) bond motifs is 3. The Morgan fingerprint density at radius 2 is 1.83 bits per heavy atom. The van der Waals surface area contributed by atoms with Crippen LogP contribution in [0.4, 0.5) is 13.2 Å². The van der Waals surface area contributed by atoms with Gasteiger partial charge in [-0.2, -0.15) is 13.2 Å². The Balaban J connectivity index is 1.40. The smallest absolute Gasteiger partial charge is 0.416 e. The molecule has 0 spiro atoms. The SMILES string of the molecule is NC(=O)c1cc(-c2ccc(C(F)(F)F)cc2)nc2c1Cc1cc(OCCN3CCOCC3)ccc1-2. The van der Waals surface area contributed by atoms with Crippen LogP contribution in [0.25, 0.3) is 22.5 Å². The first-order chi connectivity index (χ1) is 16.8. The van der Waals surface area contributed by atoms with Gasteiger partial charge in [-0.1, -0.05) is 12.1 Å². The Bertz CT molecular complexity index is 1250. The van der Waals surface area contributed by atoms with Crippen LogP contribution in [0.1, 0.15) is 27.0 Å². The maximum absolute atomic E-state index is 12.9. The van der Waals surface area contributed by atoms with Crippen molar-refractivity contribution in [3.63, 3.8) is 0 Å². The number of pyridine rings is 1. The lowest BCUT2D eigenvalue weighted by Crippen LogP contribution is -2.38. The van der Waals surface area contributed by atoms with Crippen molar-refractivity contribution in [2.45, 2.75) is 12.6 Å². The molecule has 1 aromatic heterocycles. The average Bonchev–Trinajstić information content (AvgIpc) is 3.21. The number of hydrogen-bond acceptors (Lipinski definition) is 5. The molecule has 0 saturated carbocycles. The fraction of sp³-hybridized carbons (Fsp3) is 0.308. The first-order valence-corrected chi connectivity index (χ1v) is 11.4. The standard InChI is InChI=1S/C26H24F3N3O3/c27-26(28,29)18-3-1-16(2-4-18)23-15-22(25(30)33)21-14-17-13-19(5-6-20(17)24(21)31-23)35-12-9-32-7-10-34-11-8-32/h1-6,13,15H,7-12,14H2,(H2,30,33). The Morgan fingerprint density at radius 3 is 2.51 bits per heavy atom. The largest absolute Gasteiger partial charge is 0.492 e. The minimum absolute atomic E-state index is 0.316. The van der Waals surface area contributed by atoms with E-state index in [-0.39, 0.29) is 0 Å². The topological polar surface area (TPSA) is 77.7 Å². The molecule has 2 N–H and O–H groups in total. The highest BCUT2D eigenvalue weighted by atomic mass is 19.4. The van der Waals surface area contributed by atoms with Crippen LogP contribution in [0, 0.1) is 0 Å². The molecular weight excluding hydrogens is 459 g/mol. The van der Waals surface area contributed by atoms with E-state index in [4.69, 9.17) is 20.2 Å². The number of nitrogens with zero attached hydrogens (tertiary/aromatic N) is 2. The van der Waals surface area contributed by atoms with E-state index in [1.165, 1.54) is 12.1 Å². The summed E-state index contributed by atoms with van der Waals surface area (Å²) in [5.41, 5.74) is 9.25. The molecule has 2 aromatic carbocycles. The third-order valence-electron chi connectivity index (χ3n) is 6.38. The molecule has 5 rings (SSSR count). The summed E-state index contributed by atoms with van der Waals surface area (Å²) >= 11 is 0. The molecule has 3 aromatic rings. The monoisotopic (exact) mass is 483 g/mol. The fourth-order valence-corrected chi connectivity index (χ4v) is 4.52. The van der Waals surface area contributed by atoms with Gasteiger partial charge in [0.25, 0.3) is 0 Å². The van der Waals surface area contributed by atoms with Crippen molar-refractivity contribution in [3.05, 3.63) is 70.8 Å². The van der Waals surface area contributed by atoms with Crippen LogP contribution < -0.4 is 10.5 Å². The fourth-order valence-electron chi connectivity index (χ4n) is 4.52. The molecule has 0 bridgehead atoms. The Hall–Kier alpha value is -3.43. The van der Waals surface area contributed by atoms with Crippen LogP contribution in [0.2, 0.25) is 0 Å². The van der Waals surface area contributed by atoms with Gasteiger partial charge in [0.2, 0.25) is 5.91 Å². The molecule has 0 atom stereocenters. The van der Waals surface area contributed by atoms with Crippen LogP contribution in [-0.2, 0) is 17.3 Å². The number of nitrogens with two attached hydrogens (primary N) is 1. The van der Waals surface area contributed by atoms with Crippen molar-refractivity contribution in [2.75, 3.05) is 39.5 Å². The van der Waals surface area contributed by atoms with Crippen molar-refractivity contribution < 1.29 is 27.4 Å². The lowest BCUT2D eigenvalue weighted by Gasteiger charge is -2.26. The number of morpholine rings is 1. The zero-order chi connectivity index (χ0) is 24.6. The number of rotatable bonds is 6. The summed E-state index contributed by atoms with van der Waals surface area (Å²) in [5, 5.41) is 0. The van der Waals surface area contributed by atoms with Crippen LogP contribution >= 0.6 is 0 Å². The van der Waals surface area contributed by atoms with Gasteiger partial charge >= 0.3 is 6.18 Å². The van der Waals surface area contributed by atoms with Gasteiger partial charge in [0.1, 0.15) is 12.4 Å². The maximum Gasteiger partial charge on any atom is 0.416 e. The van der Waals surface area contributed by atoms with E-state index in [1.54, 1.807) is 6.07 Å². The molecule has 1 aliphatic carbocycles. The number of alkyl halides is 3. The lowest BCUT2D eigenvalue weighted by molar-refractivity contribution is -0.137. The second-order valence-electron chi connectivity index (χ2n) is 8.62. The van der Waals surface area contributed by atoms with Crippen molar-refractivity contribution in [3.8, 4) is 28.3 Å². The minimum atomic E-state index is -4.43. The van der Waals surface area contributed by atoms with Gasteiger partial charge in [0, 0.05) is 42.7 Å². The summed E-state index contributed by atoms with van der Waals surface area (Å²) in [4.78, 5) is 19.2. The predicted octanol–water partition coefficient (Wildman–Crippen LogP) is 4.15. The molecule has 6 nitrogen and oxygen atoms in total. The zero-order valence-corrected chi connectivity index (χ0v) is 18.9. The first kappa shape index (κ1) is 23.3. The van der Waals surface area contributed by atoms with Gasteiger partial charge in [0.15, 0.2) is 0 Å². The molecule has 1 saturated heterocycles. The molecule has 9 heteroatoms. The molecule has 182 valence electrons. The number of halogens is 3. The number of aromatic nitrogens is 1. The van der Waals surface area contributed by atoms with Gasteiger partial charge in [-0.15, -0.1) is 0 Å². The highest BCUT2D eigenvalue weighted by Gasteiger charge is 2.30. The number of carbonyl (C=O) groups is 1. The van der Waals surface area contributed by atoms with Crippen molar-refractivity contribution in [2.24, 2.45) is 5.73 Å². The number of ether oxygens (including phenoxy) is 2. The van der Waals surface area contributed by atoms with Crippen molar-refractivity contribution in [1.82, 2.24) is 9.88 Å². The van der Waals surface area contributed by atoms with Gasteiger partial charge in [-0.3, -0.25) is 9.69 Å². The third kappa shape index (κ3) is 4.87. The van der Waals surface area contributed by atoms with Gasteiger partial charge in [0.05, 0.1) is 30.2 Å². The molecule has 0 radical (unpaired) electrons. The van der Waals surface area contributed by atoms with Crippen LogP contribution in [0.5, 0.6) is 5.75 Å². The molecule has 2 heterocycles. The van der Waals surface area contributed by atoms with Crippen LogP contribution in [0.15, 0.2) is 48.5 Å². The minimum Gasteiger partial charge on any atom is -0.492 e. The van der Waals surface area contributed by atoms with E-state index in [2.05, 4.69) is 4.90 Å². The van der Waals surface area contributed by atoms with E-state index < -0.39 is 17.6 Å². The van der Waals surface area contributed by atoms with Gasteiger partial charge < -0.3 is 15.2 Å².